The quantitative estimate of drug-likeness (QED) is 0.279. The second kappa shape index (κ2) is 12.7. The highest BCUT2D eigenvalue weighted by atomic mass is 16.5. The number of hydrogen-bond acceptors (Lipinski definition) is 5. The molecule has 0 bridgehead atoms. The maximum atomic E-state index is 9.39. The number of ether oxygens (including phenoxy) is 2. The maximum absolute atomic E-state index is 9.39. The minimum Gasteiger partial charge on any atom is -0.494 e. The first kappa shape index (κ1) is 23.4. The third-order valence-electron chi connectivity index (χ3n) is 5.16. The van der Waals surface area contributed by atoms with E-state index < -0.39 is 0 Å². The topological polar surface area (TPSA) is 78.4 Å². The van der Waals surface area contributed by atoms with Crippen molar-refractivity contribution in [3.8, 4) is 5.75 Å². The normalized spacial score (nSPS) is 19.6. The SMILES string of the molecule is CCNC(=NCc1ccc(OCCCN(C)C)cc1)NCC1(CCO)CCOC1. The number of hydrogen-bond donors (Lipinski definition) is 3. The van der Waals surface area contributed by atoms with E-state index in [1.807, 2.05) is 12.1 Å². The highest BCUT2D eigenvalue weighted by molar-refractivity contribution is 5.79. The van der Waals surface area contributed by atoms with Crippen LogP contribution in [-0.4, -0.2) is 76.1 Å². The van der Waals surface area contributed by atoms with Gasteiger partial charge in [-0.05, 0) is 58.0 Å². The molecule has 164 valence electrons. The molecule has 1 aromatic rings. The largest absolute Gasteiger partial charge is 0.494 e. The zero-order valence-corrected chi connectivity index (χ0v) is 18.2. The molecule has 1 saturated heterocycles. The van der Waals surface area contributed by atoms with E-state index in [-0.39, 0.29) is 12.0 Å². The number of aliphatic imine (C=N–C) groups is 1. The number of nitrogens with zero attached hydrogens (tertiary/aromatic N) is 2. The molecule has 1 aliphatic rings. The van der Waals surface area contributed by atoms with E-state index in [2.05, 4.69) is 48.7 Å². The number of nitrogens with one attached hydrogen (secondary N) is 2. The smallest absolute Gasteiger partial charge is 0.191 e. The van der Waals surface area contributed by atoms with Crippen LogP contribution in [0.3, 0.4) is 0 Å². The Morgan fingerprint density at radius 2 is 2.07 bits per heavy atom. The first-order chi connectivity index (χ1) is 14.1. The highest BCUT2D eigenvalue weighted by Gasteiger charge is 2.34. The van der Waals surface area contributed by atoms with Crippen LogP contribution in [0.15, 0.2) is 29.3 Å². The molecule has 0 aromatic heterocycles. The first-order valence-corrected chi connectivity index (χ1v) is 10.6. The molecule has 1 unspecified atom stereocenters. The third-order valence-corrected chi connectivity index (χ3v) is 5.16. The van der Waals surface area contributed by atoms with Gasteiger partial charge in [0.2, 0.25) is 0 Å². The summed E-state index contributed by atoms with van der Waals surface area (Å²) in [6, 6.07) is 8.14. The Kier molecular flexibility index (Phi) is 10.2. The molecule has 2 rings (SSSR count). The lowest BCUT2D eigenvalue weighted by Gasteiger charge is -2.27. The van der Waals surface area contributed by atoms with Crippen LogP contribution in [0.1, 0.15) is 31.7 Å². The van der Waals surface area contributed by atoms with Crippen LogP contribution in [0.2, 0.25) is 0 Å². The van der Waals surface area contributed by atoms with E-state index in [1.165, 1.54) is 0 Å². The minimum atomic E-state index is -0.00346. The molecule has 3 N–H and O–H groups in total. The summed E-state index contributed by atoms with van der Waals surface area (Å²) in [5.74, 6) is 1.69. The van der Waals surface area contributed by atoms with Gasteiger partial charge in [-0.2, -0.15) is 0 Å². The van der Waals surface area contributed by atoms with Gasteiger partial charge in [0.05, 0.1) is 19.8 Å². The van der Waals surface area contributed by atoms with Crippen molar-refractivity contribution in [2.75, 3.05) is 60.2 Å². The van der Waals surface area contributed by atoms with E-state index in [1.54, 1.807) is 0 Å². The zero-order chi connectivity index (χ0) is 21.0. The fraction of sp³-hybridized carbons (Fsp3) is 0.682. The van der Waals surface area contributed by atoms with Crippen molar-refractivity contribution in [3.63, 3.8) is 0 Å². The van der Waals surface area contributed by atoms with Gasteiger partial charge in [0.15, 0.2) is 5.96 Å². The van der Waals surface area contributed by atoms with Gasteiger partial charge in [-0.25, -0.2) is 4.99 Å². The number of aliphatic hydroxyl groups excluding tert-OH is 1. The molecule has 0 aliphatic carbocycles. The summed E-state index contributed by atoms with van der Waals surface area (Å²) in [6.45, 7) is 7.59. The second-order valence-electron chi connectivity index (χ2n) is 7.97. The molecule has 1 heterocycles. The van der Waals surface area contributed by atoms with Crippen LogP contribution >= 0.6 is 0 Å². The number of benzene rings is 1. The molecule has 0 amide bonds. The number of aliphatic hydroxyl groups is 1. The molecule has 1 atom stereocenters. The Hall–Kier alpha value is -1.83. The molecule has 1 fully saturated rings. The average Bonchev–Trinajstić information content (AvgIpc) is 3.17. The monoisotopic (exact) mass is 406 g/mol. The maximum Gasteiger partial charge on any atom is 0.191 e. The Labute approximate surface area is 175 Å². The summed E-state index contributed by atoms with van der Waals surface area (Å²) >= 11 is 0. The minimum absolute atomic E-state index is 0.00346. The lowest BCUT2D eigenvalue weighted by atomic mass is 9.84. The lowest BCUT2D eigenvalue weighted by Crippen LogP contribution is -2.44. The molecular weight excluding hydrogens is 368 g/mol. The van der Waals surface area contributed by atoms with Gasteiger partial charge in [0.1, 0.15) is 5.75 Å². The molecule has 1 aromatic carbocycles. The molecular formula is C22H38N4O3. The van der Waals surface area contributed by atoms with Crippen molar-refractivity contribution in [1.82, 2.24) is 15.5 Å². The van der Waals surface area contributed by atoms with Crippen LogP contribution in [-0.2, 0) is 11.3 Å². The molecule has 1 aliphatic heterocycles. The van der Waals surface area contributed by atoms with Gasteiger partial charge in [-0.1, -0.05) is 12.1 Å². The summed E-state index contributed by atoms with van der Waals surface area (Å²) < 4.78 is 11.4. The Bertz CT molecular complexity index is 599. The van der Waals surface area contributed by atoms with Crippen LogP contribution in [0.5, 0.6) is 5.75 Å². The second-order valence-corrected chi connectivity index (χ2v) is 7.97. The molecule has 29 heavy (non-hydrogen) atoms. The number of guanidine groups is 1. The predicted octanol–water partition coefficient (Wildman–Crippen LogP) is 1.86. The average molecular weight is 407 g/mol. The Balaban J connectivity index is 1.84. The van der Waals surface area contributed by atoms with Crippen LogP contribution in [0, 0.1) is 5.41 Å². The highest BCUT2D eigenvalue weighted by Crippen LogP contribution is 2.31. The summed E-state index contributed by atoms with van der Waals surface area (Å²) in [5, 5.41) is 16.1. The van der Waals surface area contributed by atoms with Gasteiger partial charge in [-0.3, -0.25) is 0 Å². The fourth-order valence-corrected chi connectivity index (χ4v) is 3.36. The van der Waals surface area contributed by atoms with E-state index in [4.69, 9.17) is 14.5 Å². The standard InChI is InChI=1S/C22H38N4O3/c1-4-23-21(25-17-22(10-13-27)11-15-28-18-22)24-16-19-6-8-20(9-7-19)29-14-5-12-26(2)3/h6-9,27H,4-5,10-18H2,1-3H3,(H2,23,24,25). The van der Waals surface area contributed by atoms with E-state index in [9.17, 15) is 5.11 Å². The zero-order valence-electron chi connectivity index (χ0n) is 18.2. The summed E-state index contributed by atoms with van der Waals surface area (Å²) in [7, 11) is 4.14. The van der Waals surface area contributed by atoms with E-state index in [0.29, 0.717) is 13.2 Å². The van der Waals surface area contributed by atoms with E-state index in [0.717, 1.165) is 69.4 Å². The molecule has 0 radical (unpaired) electrons. The summed E-state index contributed by atoms with van der Waals surface area (Å²) in [5.41, 5.74) is 1.13. The van der Waals surface area contributed by atoms with Crippen LogP contribution < -0.4 is 15.4 Å². The van der Waals surface area contributed by atoms with Gasteiger partial charge in [-0.15, -0.1) is 0 Å². The van der Waals surface area contributed by atoms with Crippen molar-refractivity contribution < 1.29 is 14.6 Å². The molecule has 7 nitrogen and oxygen atoms in total. The lowest BCUT2D eigenvalue weighted by molar-refractivity contribution is 0.127. The van der Waals surface area contributed by atoms with Gasteiger partial charge < -0.3 is 30.1 Å². The van der Waals surface area contributed by atoms with Gasteiger partial charge >= 0.3 is 0 Å². The van der Waals surface area contributed by atoms with Crippen molar-refractivity contribution >= 4 is 5.96 Å². The van der Waals surface area contributed by atoms with Crippen molar-refractivity contribution in [2.24, 2.45) is 10.4 Å². The Morgan fingerprint density at radius 3 is 2.69 bits per heavy atom. The molecule has 7 heteroatoms. The van der Waals surface area contributed by atoms with Crippen LogP contribution in [0.4, 0.5) is 0 Å². The fourth-order valence-electron chi connectivity index (χ4n) is 3.36. The van der Waals surface area contributed by atoms with Crippen LogP contribution in [0.25, 0.3) is 0 Å². The third kappa shape index (κ3) is 8.60. The summed E-state index contributed by atoms with van der Waals surface area (Å²) in [6.07, 6.45) is 2.73. The molecule has 0 saturated carbocycles. The van der Waals surface area contributed by atoms with Gasteiger partial charge in [0, 0.05) is 38.3 Å². The Morgan fingerprint density at radius 1 is 1.28 bits per heavy atom. The van der Waals surface area contributed by atoms with Crippen molar-refractivity contribution in [2.45, 2.75) is 32.7 Å². The van der Waals surface area contributed by atoms with E-state index >= 15 is 0 Å². The number of rotatable bonds is 12. The van der Waals surface area contributed by atoms with Gasteiger partial charge in [0.25, 0.3) is 0 Å². The first-order valence-electron chi connectivity index (χ1n) is 10.6. The van der Waals surface area contributed by atoms with Crippen molar-refractivity contribution in [3.05, 3.63) is 29.8 Å². The summed E-state index contributed by atoms with van der Waals surface area (Å²) in [4.78, 5) is 6.86. The molecule has 0 spiro atoms. The predicted molar refractivity (Wildman–Crippen MR) is 117 cm³/mol. The van der Waals surface area contributed by atoms with Crippen molar-refractivity contribution in [1.29, 1.82) is 0 Å².